The van der Waals surface area contributed by atoms with Crippen LogP contribution in [-0.4, -0.2) is 46.1 Å². The second-order valence-electron chi connectivity index (χ2n) is 8.29. The Morgan fingerprint density at radius 1 is 1.11 bits per heavy atom. The summed E-state index contributed by atoms with van der Waals surface area (Å²) in [6, 6.07) is 14.0. The Morgan fingerprint density at radius 3 is 2.38 bits per heavy atom. The van der Waals surface area contributed by atoms with Crippen LogP contribution in [0.1, 0.15) is 34.1 Å². The molecular formula is C25H23F3N2O7. The maximum Gasteiger partial charge on any atom is 0.423 e. The average Bonchev–Trinajstić information content (AvgIpc) is 3.30. The van der Waals surface area contributed by atoms with Gasteiger partial charge in [-0.05, 0) is 29.8 Å². The van der Waals surface area contributed by atoms with Crippen LogP contribution < -0.4 is 16.0 Å². The first kappa shape index (κ1) is 26.3. The van der Waals surface area contributed by atoms with E-state index in [2.05, 4.69) is 0 Å². The molecule has 0 spiro atoms. The summed E-state index contributed by atoms with van der Waals surface area (Å²) in [5, 5.41) is 9.76. The van der Waals surface area contributed by atoms with Gasteiger partial charge in [0.2, 0.25) is 0 Å². The number of carbonyl (C=O) groups is 1. The van der Waals surface area contributed by atoms with Crippen LogP contribution in [0.4, 0.5) is 13.2 Å². The third-order valence-electron chi connectivity index (χ3n) is 5.94. The lowest BCUT2D eigenvalue weighted by Gasteiger charge is -2.18. The molecule has 0 aliphatic carbocycles. The Kier molecular flexibility index (Phi) is 7.62. The van der Waals surface area contributed by atoms with E-state index >= 15 is 0 Å². The van der Waals surface area contributed by atoms with Crippen molar-refractivity contribution in [2.45, 2.75) is 37.6 Å². The SMILES string of the molecule is COc1ccc(CO[C@H]2C[C@H](n3cc(C(F)(F)F)c(=O)n(C(=O)c4ccccc4)c3=O)O[C@@H]2CO)cc1. The van der Waals surface area contributed by atoms with Crippen LogP contribution in [0.2, 0.25) is 0 Å². The van der Waals surface area contributed by atoms with Crippen LogP contribution in [0.25, 0.3) is 0 Å². The van der Waals surface area contributed by atoms with E-state index in [9.17, 15) is 32.7 Å². The Labute approximate surface area is 208 Å². The number of hydrogen-bond donors (Lipinski definition) is 1. The lowest BCUT2D eigenvalue weighted by atomic mass is 10.1. The van der Waals surface area contributed by atoms with Gasteiger partial charge in [0.05, 0.1) is 26.4 Å². The third-order valence-corrected chi connectivity index (χ3v) is 5.94. The summed E-state index contributed by atoms with van der Waals surface area (Å²) >= 11 is 0. The molecule has 1 aromatic heterocycles. The number of aliphatic hydroxyl groups excluding tert-OH is 1. The number of methoxy groups -OCH3 is 1. The molecule has 2 aromatic carbocycles. The lowest BCUT2D eigenvalue weighted by Crippen LogP contribution is -2.47. The van der Waals surface area contributed by atoms with E-state index in [1.54, 1.807) is 30.3 Å². The molecular weight excluding hydrogens is 497 g/mol. The number of benzene rings is 2. The molecule has 1 fully saturated rings. The zero-order chi connectivity index (χ0) is 26.7. The van der Waals surface area contributed by atoms with Crippen molar-refractivity contribution in [2.75, 3.05) is 13.7 Å². The molecule has 2 heterocycles. The zero-order valence-corrected chi connectivity index (χ0v) is 19.6. The van der Waals surface area contributed by atoms with Gasteiger partial charge in [-0.2, -0.15) is 17.7 Å². The first-order valence-corrected chi connectivity index (χ1v) is 11.2. The van der Waals surface area contributed by atoms with Crippen LogP contribution in [0.3, 0.4) is 0 Å². The molecule has 0 saturated carbocycles. The van der Waals surface area contributed by atoms with Gasteiger partial charge in [0.25, 0.3) is 11.5 Å². The molecule has 3 aromatic rings. The Hall–Kier alpha value is -3.74. The fourth-order valence-electron chi connectivity index (χ4n) is 4.00. The van der Waals surface area contributed by atoms with Gasteiger partial charge in [-0.3, -0.25) is 14.2 Å². The highest BCUT2D eigenvalue weighted by Gasteiger charge is 2.41. The molecule has 0 unspecified atom stereocenters. The minimum atomic E-state index is -5.15. The molecule has 37 heavy (non-hydrogen) atoms. The normalized spacial score (nSPS) is 19.6. The Bertz CT molecular complexity index is 1370. The van der Waals surface area contributed by atoms with Crippen LogP contribution in [0, 0.1) is 0 Å². The van der Waals surface area contributed by atoms with Gasteiger partial charge in [0.15, 0.2) is 0 Å². The maximum atomic E-state index is 13.7. The van der Waals surface area contributed by atoms with E-state index in [-0.39, 0.29) is 23.2 Å². The molecule has 1 N–H and O–H groups in total. The van der Waals surface area contributed by atoms with E-state index in [0.29, 0.717) is 16.5 Å². The molecule has 1 aliphatic heterocycles. The molecule has 4 rings (SSSR count). The number of nitrogens with zero attached hydrogens (tertiary/aromatic N) is 2. The van der Waals surface area contributed by atoms with E-state index in [1.165, 1.54) is 31.4 Å². The summed E-state index contributed by atoms with van der Waals surface area (Å²) in [6.45, 7) is -0.441. The molecule has 0 amide bonds. The first-order valence-electron chi connectivity index (χ1n) is 11.2. The molecule has 1 aliphatic rings. The van der Waals surface area contributed by atoms with Crippen molar-refractivity contribution in [1.82, 2.24) is 9.13 Å². The number of hydrogen-bond acceptors (Lipinski definition) is 7. The third kappa shape index (κ3) is 5.50. The fraction of sp³-hybridized carbons (Fsp3) is 0.320. The van der Waals surface area contributed by atoms with E-state index in [0.717, 1.165) is 5.56 Å². The predicted octanol–water partition coefficient (Wildman–Crippen LogP) is 2.59. The van der Waals surface area contributed by atoms with E-state index < -0.39 is 53.9 Å². The zero-order valence-electron chi connectivity index (χ0n) is 19.6. The number of ether oxygens (including phenoxy) is 3. The molecule has 196 valence electrons. The highest BCUT2D eigenvalue weighted by atomic mass is 19.4. The van der Waals surface area contributed by atoms with Crippen LogP contribution in [0.15, 0.2) is 70.4 Å². The summed E-state index contributed by atoms with van der Waals surface area (Å²) in [5.41, 5.74) is -4.17. The van der Waals surface area contributed by atoms with Gasteiger partial charge in [-0.25, -0.2) is 4.79 Å². The maximum absolute atomic E-state index is 13.7. The molecule has 9 nitrogen and oxygen atoms in total. The Balaban J connectivity index is 1.67. The summed E-state index contributed by atoms with van der Waals surface area (Å²) in [5.74, 6) is -0.569. The second-order valence-corrected chi connectivity index (χ2v) is 8.29. The van der Waals surface area contributed by atoms with Crippen molar-refractivity contribution < 1.29 is 37.3 Å². The summed E-state index contributed by atoms with van der Waals surface area (Å²) in [7, 11) is 1.52. The van der Waals surface area contributed by atoms with Crippen molar-refractivity contribution in [3.05, 3.63) is 98.3 Å². The number of alkyl halides is 3. The topological polar surface area (TPSA) is 109 Å². The largest absolute Gasteiger partial charge is 0.497 e. The van der Waals surface area contributed by atoms with Gasteiger partial charge in [0.1, 0.15) is 23.6 Å². The minimum absolute atomic E-state index is 0.0546. The Morgan fingerprint density at radius 2 is 1.78 bits per heavy atom. The standard InChI is InChI=1S/C25H23F3N2O7/c1-35-17-9-7-15(8-10-17)14-36-19-11-21(37-20(19)13-31)29-12-18(25(26,27)28)23(33)30(24(29)34)22(32)16-5-3-2-4-6-16/h2-10,12,19-21,31H,11,13-14H2,1H3/t19-,20+,21+/m0/s1. The average molecular weight is 520 g/mol. The van der Waals surface area contributed by atoms with Gasteiger partial charge >= 0.3 is 11.9 Å². The lowest BCUT2D eigenvalue weighted by molar-refractivity contribution is -0.139. The highest BCUT2D eigenvalue weighted by molar-refractivity contribution is 5.95. The van der Waals surface area contributed by atoms with Gasteiger partial charge in [0, 0.05) is 18.2 Å². The van der Waals surface area contributed by atoms with Gasteiger partial charge < -0.3 is 19.3 Å². The van der Waals surface area contributed by atoms with Crippen molar-refractivity contribution in [3.63, 3.8) is 0 Å². The summed E-state index contributed by atoms with van der Waals surface area (Å²) in [4.78, 5) is 38.6. The second kappa shape index (κ2) is 10.7. The van der Waals surface area contributed by atoms with Crippen LogP contribution in [0.5, 0.6) is 5.75 Å². The minimum Gasteiger partial charge on any atom is -0.497 e. The number of carbonyl (C=O) groups excluding carboxylic acids is 1. The van der Waals surface area contributed by atoms with Crippen molar-refractivity contribution in [2.24, 2.45) is 0 Å². The summed E-state index contributed by atoms with van der Waals surface area (Å²) in [6.07, 6.45) is -8.01. The molecule has 12 heteroatoms. The van der Waals surface area contributed by atoms with Gasteiger partial charge in [-0.1, -0.05) is 30.3 Å². The quantitative estimate of drug-likeness (QED) is 0.510. The van der Waals surface area contributed by atoms with Gasteiger partial charge in [-0.15, -0.1) is 0 Å². The number of halogens is 3. The van der Waals surface area contributed by atoms with Crippen molar-refractivity contribution in [3.8, 4) is 5.75 Å². The predicted molar refractivity (Wildman–Crippen MR) is 123 cm³/mol. The van der Waals surface area contributed by atoms with E-state index in [4.69, 9.17) is 14.2 Å². The number of aromatic nitrogens is 2. The van der Waals surface area contributed by atoms with E-state index in [1.807, 2.05) is 0 Å². The van der Waals surface area contributed by atoms with Crippen molar-refractivity contribution in [1.29, 1.82) is 0 Å². The van der Waals surface area contributed by atoms with Crippen LogP contribution >= 0.6 is 0 Å². The van der Waals surface area contributed by atoms with Crippen molar-refractivity contribution >= 4 is 5.91 Å². The first-order chi connectivity index (χ1) is 17.6. The highest BCUT2D eigenvalue weighted by Crippen LogP contribution is 2.32. The smallest absolute Gasteiger partial charge is 0.423 e. The number of aliphatic hydroxyl groups is 1. The molecule has 1 saturated heterocycles. The molecule has 0 bridgehead atoms. The monoisotopic (exact) mass is 520 g/mol. The summed E-state index contributed by atoms with van der Waals surface area (Å²) < 4.78 is 58.2. The van der Waals surface area contributed by atoms with Crippen LogP contribution in [-0.2, 0) is 22.3 Å². The molecule has 0 radical (unpaired) electrons. The molecule has 3 atom stereocenters. The number of rotatable bonds is 7. The fourth-order valence-corrected chi connectivity index (χ4v) is 4.00.